The third kappa shape index (κ3) is 5.93. The molecule has 0 saturated heterocycles. The Kier molecular flexibility index (Phi) is 5.46. The van der Waals surface area contributed by atoms with Crippen LogP contribution in [0.4, 0.5) is 15.8 Å². The van der Waals surface area contributed by atoms with Crippen LogP contribution in [0.5, 0.6) is 5.75 Å². The number of fused-ring (bicyclic) bond motifs is 1. The van der Waals surface area contributed by atoms with E-state index in [-0.39, 0.29) is 41.6 Å². The van der Waals surface area contributed by atoms with Gasteiger partial charge < -0.3 is 15.0 Å². The number of benzene rings is 2. The van der Waals surface area contributed by atoms with Crippen molar-refractivity contribution in [3.8, 4) is 11.8 Å². The molecule has 3 aromatic rings. The van der Waals surface area contributed by atoms with Gasteiger partial charge in [-0.05, 0) is 63.8 Å². The van der Waals surface area contributed by atoms with Gasteiger partial charge in [0.05, 0.1) is 28.9 Å². The van der Waals surface area contributed by atoms with Gasteiger partial charge in [0, 0.05) is 44.6 Å². The summed E-state index contributed by atoms with van der Waals surface area (Å²) in [7, 11) is 2.96. The second-order valence-corrected chi connectivity index (χ2v) is 7.29. The van der Waals surface area contributed by atoms with E-state index >= 15 is 0 Å². The van der Waals surface area contributed by atoms with E-state index < -0.39 is 36.2 Å². The predicted molar refractivity (Wildman–Crippen MR) is 128 cm³/mol. The van der Waals surface area contributed by atoms with Crippen molar-refractivity contribution in [1.82, 2.24) is 9.88 Å². The van der Waals surface area contributed by atoms with Crippen LogP contribution in [-0.4, -0.2) is 42.9 Å². The van der Waals surface area contributed by atoms with Gasteiger partial charge in [-0.2, -0.15) is 5.26 Å². The second-order valence-electron chi connectivity index (χ2n) is 7.29. The maximum Gasteiger partial charge on any atom is 0.159 e. The number of carbonyl (C=O) groups is 1. The van der Waals surface area contributed by atoms with Crippen molar-refractivity contribution in [3.05, 3.63) is 71.1 Å². The van der Waals surface area contributed by atoms with Gasteiger partial charge in [-0.3, -0.25) is 9.78 Å². The number of allylic oxidation sites excluding steroid dienone is 1. The summed E-state index contributed by atoms with van der Waals surface area (Å²) in [5, 5.41) is 12.9. The van der Waals surface area contributed by atoms with Crippen molar-refractivity contribution in [1.29, 1.82) is 5.26 Å². The van der Waals surface area contributed by atoms with Gasteiger partial charge in [-0.1, -0.05) is 6.08 Å². The van der Waals surface area contributed by atoms with Crippen LogP contribution in [0.2, 0.25) is 0 Å². The van der Waals surface area contributed by atoms with Crippen LogP contribution in [-0.2, 0) is 11.2 Å². The number of ether oxygens (including phenoxy) is 1. The summed E-state index contributed by atoms with van der Waals surface area (Å²) in [6, 6.07) is 2.95. The Hall–Kier alpha value is -3.76. The first-order valence-corrected chi connectivity index (χ1v) is 10.1. The lowest BCUT2D eigenvalue weighted by atomic mass is 10.0. The zero-order valence-electron chi connectivity index (χ0n) is 24.8. The summed E-state index contributed by atoms with van der Waals surface area (Å²) in [6.07, 6.45) is 1.88. The van der Waals surface area contributed by atoms with Crippen molar-refractivity contribution >= 4 is 28.1 Å². The predicted octanol–water partition coefficient (Wildman–Crippen LogP) is 4.93. The van der Waals surface area contributed by atoms with Gasteiger partial charge in [0.25, 0.3) is 0 Å². The monoisotopic (exact) mass is 452 g/mol. The number of ketones is 1. The number of carbonyl (C=O) groups excluding carboxylic acids is 1. The fraction of sp³-hybridized carbons (Fsp3) is 0.269. The minimum Gasteiger partial charge on any atom is -0.494 e. The highest BCUT2D eigenvalue weighted by Gasteiger charge is 2.16. The number of nitriles is 1. The Bertz CT molecular complexity index is 1510. The molecule has 0 aliphatic rings. The summed E-state index contributed by atoms with van der Waals surface area (Å²) in [6.45, 7) is 1.30. The van der Waals surface area contributed by atoms with Crippen LogP contribution in [0.1, 0.15) is 31.8 Å². The van der Waals surface area contributed by atoms with Crippen LogP contribution in [0, 0.1) is 24.1 Å². The number of halogens is 1. The van der Waals surface area contributed by atoms with Crippen LogP contribution in [0.3, 0.4) is 0 Å². The minimum atomic E-state index is -2.02. The third-order valence-corrected chi connectivity index (χ3v) is 4.57. The average Bonchev–Trinajstić information content (AvgIpc) is 2.88. The van der Waals surface area contributed by atoms with Crippen molar-refractivity contribution in [2.24, 2.45) is 0 Å². The summed E-state index contributed by atoms with van der Waals surface area (Å²) in [5.74, 6) is -1.34. The van der Waals surface area contributed by atoms with E-state index in [2.05, 4.69) is 10.3 Å². The van der Waals surface area contributed by atoms with Crippen LogP contribution in [0.15, 0.2) is 48.6 Å². The Balaban J connectivity index is 2.20. The van der Waals surface area contributed by atoms with Gasteiger partial charge in [-0.15, -0.1) is 0 Å². The number of hydrogen-bond acceptors (Lipinski definition) is 6. The molecular formula is C26H27FN4O2. The van der Waals surface area contributed by atoms with Gasteiger partial charge in [0.2, 0.25) is 0 Å². The molecule has 6 nitrogen and oxygen atoms in total. The van der Waals surface area contributed by atoms with E-state index in [1.165, 1.54) is 38.2 Å². The highest BCUT2D eigenvalue weighted by Crippen LogP contribution is 2.34. The summed E-state index contributed by atoms with van der Waals surface area (Å²) in [4.78, 5) is 18.4. The largest absolute Gasteiger partial charge is 0.494 e. The molecule has 0 aliphatic heterocycles. The maximum atomic E-state index is 14.3. The Morgan fingerprint density at radius 3 is 2.94 bits per heavy atom. The highest BCUT2D eigenvalue weighted by atomic mass is 19.1. The molecule has 0 atom stereocenters. The first kappa shape index (κ1) is 16.8. The topological polar surface area (TPSA) is 78.3 Å². The number of likely N-dealkylation sites (N-methyl/N-ethyl adjacent to an activating group) is 1. The number of anilines is 2. The SMILES string of the molecule is [2H]/C(=C\C([2H])([2H])N(C)C)C(=O)Cc1cc2c(Nc3c([2H])c([2H])c(F)c(C)c3[2H])c(C#N)cnc2cc1OCC. The molecule has 170 valence electrons. The van der Waals surface area contributed by atoms with Crippen LogP contribution < -0.4 is 10.1 Å². The van der Waals surface area contributed by atoms with Crippen LogP contribution in [0.25, 0.3) is 10.9 Å². The van der Waals surface area contributed by atoms with E-state index in [4.69, 9.17) is 13.0 Å². The summed E-state index contributed by atoms with van der Waals surface area (Å²) < 4.78 is 68.4. The molecule has 0 radical (unpaired) electrons. The Morgan fingerprint density at radius 2 is 2.24 bits per heavy atom. The number of nitrogens with one attached hydrogen (secondary N) is 1. The third-order valence-electron chi connectivity index (χ3n) is 4.57. The molecule has 0 spiro atoms. The molecule has 0 bridgehead atoms. The lowest BCUT2D eigenvalue weighted by Crippen LogP contribution is -2.11. The molecule has 33 heavy (non-hydrogen) atoms. The first-order chi connectivity index (χ1) is 18.2. The summed E-state index contributed by atoms with van der Waals surface area (Å²) >= 11 is 0. The normalized spacial score (nSPS) is 14.5. The molecule has 3 rings (SSSR count). The number of nitrogens with zero attached hydrogens (tertiary/aromatic N) is 3. The van der Waals surface area contributed by atoms with Crippen molar-refractivity contribution in [2.75, 3.05) is 32.5 Å². The Morgan fingerprint density at radius 1 is 1.45 bits per heavy atom. The molecular weight excluding hydrogens is 419 g/mol. The van der Waals surface area contributed by atoms with E-state index in [9.17, 15) is 14.4 Å². The number of hydrogen-bond donors (Lipinski definition) is 1. The second kappa shape index (κ2) is 10.7. The smallest absolute Gasteiger partial charge is 0.159 e. The van der Waals surface area contributed by atoms with Gasteiger partial charge in [0.1, 0.15) is 17.6 Å². The molecule has 2 aromatic carbocycles. The molecule has 7 heteroatoms. The minimum absolute atomic E-state index is 0.0384. The maximum absolute atomic E-state index is 14.3. The van der Waals surface area contributed by atoms with Gasteiger partial charge >= 0.3 is 0 Å². The Labute approximate surface area is 201 Å². The zero-order chi connectivity index (χ0) is 29.2. The molecule has 0 fully saturated rings. The molecule has 0 unspecified atom stereocenters. The van der Waals surface area contributed by atoms with Crippen molar-refractivity contribution in [2.45, 2.75) is 20.3 Å². The molecule has 0 amide bonds. The average molecular weight is 453 g/mol. The molecule has 1 N–H and O–H groups in total. The number of aromatic nitrogens is 1. The quantitative estimate of drug-likeness (QED) is 0.464. The van der Waals surface area contributed by atoms with E-state index in [0.717, 1.165) is 6.08 Å². The molecule has 1 heterocycles. The fourth-order valence-electron chi connectivity index (χ4n) is 3.05. The fourth-order valence-corrected chi connectivity index (χ4v) is 3.05. The van der Waals surface area contributed by atoms with Crippen molar-refractivity contribution < 1.29 is 22.1 Å². The number of pyridine rings is 1. The standard InChI is InChI=1S/C26H27FN4O2/c1-5-33-25-14-24-22(13-18(25)12-21(32)7-6-10-31(3)4)26(19(15-28)16-29-24)30-20-8-9-23(27)17(2)11-20/h6-9,11,13-14,16H,5,10,12H2,1-4H3,(H,29,30)/b7-6+/i7D,8D,9D,10D2,11D. The van der Waals surface area contributed by atoms with Crippen LogP contribution >= 0.6 is 0 Å². The van der Waals surface area contributed by atoms with E-state index in [0.29, 0.717) is 22.2 Å². The highest BCUT2D eigenvalue weighted by molar-refractivity contribution is 5.98. The molecule has 0 saturated carbocycles. The molecule has 0 aliphatic carbocycles. The first-order valence-electron chi connectivity index (χ1n) is 13.1. The zero-order valence-corrected chi connectivity index (χ0v) is 18.8. The lowest BCUT2D eigenvalue weighted by molar-refractivity contribution is -0.114. The van der Waals surface area contributed by atoms with Gasteiger partial charge in [0.15, 0.2) is 5.78 Å². The summed E-state index contributed by atoms with van der Waals surface area (Å²) in [5.41, 5.74) is 0.564. The van der Waals surface area contributed by atoms with E-state index in [1.807, 2.05) is 6.07 Å². The molecule has 1 aromatic heterocycles. The number of rotatable bonds is 9. The van der Waals surface area contributed by atoms with Crippen molar-refractivity contribution in [3.63, 3.8) is 0 Å². The van der Waals surface area contributed by atoms with Gasteiger partial charge in [-0.25, -0.2) is 4.39 Å². The van der Waals surface area contributed by atoms with E-state index in [1.54, 1.807) is 13.0 Å². The lowest BCUT2D eigenvalue weighted by Gasteiger charge is -2.15.